The Morgan fingerprint density at radius 3 is 2.64 bits per heavy atom. The Labute approximate surface area is 169 Å². The van der Waals surface area contributed by atoms with Gasteiger partial charge >= 0.3 is 0 Å². The van der Waals surface area contributed by atoms with Gasteiger partial charge in [0.15, 0.2) is 10.4 Å². The molecule has 28 heavy (non-hydrogen) atoms. The van der Waals surface area contributed by atoms with E-state index in [1.807, 2.05) is 6.92 Å². The summed E-state index contributed by atoms with van der Waals surface area (Å²) in [7, 11) is 0. The lowest BCUT2D eigenvalue weighted by Crippen LogP contribution is -2.32. The van der Waals surface area contributed by atoms with Gasteiger partial charge in [0.1, 0.15) is 17.4 Å². The van der Waals surface area contributed by atoms with Gasteiger partial charge in [0.05, 0.1) is 0 Å². The highest BCUT2D eigenvalue weighted by Crippen LogP contribution is 2.29. The van der Waals surface area contributed by atoms with Crippen molar-refractivity contribution in [3.63, 3.8) is 0 Å². The van der Waals surface area contributed by atoms with Crippen molar-refractivity contribution in [2.24, 2.45) is 0 Å². The summed E-state index contributed by atoms with van der Waals surface area (Å²) in [5.41, 5.74) is 0.576. The van der Waals surface area contributed by atoms with Gasteiger partial charge < -0.3 is 4.74 Å². The molecule has 0 radical (unpaired) electrons. The van der Waals surface area contributed by atoms with Gasteiger partial charge in [-0.15, -0.1) is 10.2 Å². The van der Waals surface area contributed by atoms with Crippen LogP contribution in [0, 0.1) is 11.6 Å². The Morgan fingerprint density at radius 2 is 1.93 bits per heavy atom. The fourth-order valence-electron chi connectivity index (χ4n) is 2.26. The number of hydrogen-bond donors (Lipinski definition) is 1. The molecule has 146 valence electrons. The number of carbonyl (C=O) groups excluding carboxylic acids is 1. The van der Waals surface area contributed by atoms with Crippen LogP contribution in [0.25, 0.3) is 0 Å². The Hall–Kier alpha value is -2.52. The molecule has 1 atom stereocenters. The van der Waals surface area contributed by atoms with Gasteiger partial charge in [-0.25, -0.2) is 8.78 Å². The Balaban J connectivity index is 1.56. The van der Waals surface area contributed by atoms with Crippen LogP contribution in [0.3, 0.4) is 0 Å². The third kappa shape index (κ3) is 5.49. The number of thioether (sulfide) groups is 1. The molecular weight excluding hydrogens is 404 g/mol. The van der Waals surface area contributed by atoms with Gasteiger partial charge in [-0.2, -0.15) is 0 Å². The van der Waals surface area contributed by atoms with E-state index in [9.17, 15) is 13.6 Å². The number of hydrogen-bond acceptors (Lipinski definition) is 6. The molecule has 1 N–H and O–H groups in total. The molecule has 0 aliphatic rings. The van der Waals surface area contributed by atoms with Gasteiger partial charge in [-0.3, -0.25) is 10.1 Å². The van der Waals surface area contributed by atoms with E-state index < -0.39 is 6.10 Å². The molecule has 0 aliphatic heterocycles. The van der Waals surface area contributed by atoms with Crippen LogP contribution in [0.5, 0.6) is 5.75 Å². The highest BCUT2D eigenvalue weighted by atomic mass is 32.2. The van der Waals surface area contributed by atoms with Crippen molar-refractivity contribution < 1.29 is 18.3 Å². The zero-order valence-electron chi connectivity index (χ0n) is 14.9. The summed E-state index contributed by atoms with van der Waals surface area (Å²) in [5, 5.41) is 11.0. The molecule has 5 nitrogen and oxygen atoms in total. The fourth-order valence-corrected chi connectivity index (χ4v) is 4.00. The first-order valence-electron chi connectivity index (χ1n) is 8.48. The minimum absolute atomic E-state index is 0.267. The molecule has 1 unspecified atom stereocenters. The lowest BCUT2D eigenvalue weighted by atomic mass is 10.2. The second kappa shape index (κ2) is 9.61. The predicted octanol–water partition coefficient (Wildman–Crippen LogP) is 4.90. The third-order valence-corrected chi connectivity index (χ3v) is 5.72. The van der Waals surface area contributed by atoms with Crippen LogP contribution in [0.15, 0.2) is 52.9 Å². The van der Waals surface area contributed by atoms with Crippen LogP contribution in [0.4, 0.5) is 13.9 Å². The summed E-state index contributed by atoms with van der Waals surface area (Å²) in [6.07, 6.45) is -0.319. The maximum absolute atomic E-state index is 13.7. The number of carbonyl (C=O) groups is 1. The van der Waals surface area contributed by atoms with Crippen molar-refractivity contribution in [2.45, 2.75) is 29.5 Å². The highest BCUT2D eigenvalue weighted by molar-refractivity contribution is 8.00. The fraction of sp³-hybridized carbons (Fsp3) is 0.211. The number of nitrogens with one attached hydrogen (secondary N) is 1. The second-order valence-corrected chi connectivity index (χ2v) is 7.91. The van der Waals surface area contributed by atoms with Crippen molar-refractivity contribution in [1.29, 1.82) is 0 Å². The van der Waals surface area contributed by atoms with Gasteiger partial charge in [0.2, 0.25) is 5.13 Å². The molecular formula is C19H17F2N3O2S2. The first-order valence-corrected chi connectivity index (χ1v) is 10.3. The van der Waals surface area contributed by atoms with Crippen LogP contribution in [-0.2, 0) is 10.5 Å². The molecule has 2 aromatic carbocycles. The molecule has 0 fully saturated rings. The zero-order valence-corrected chi connectivity index (χ0v) is 16.5. The van der Waals surface area contributed by atoms with Crippen LogP contribution in [0.1, 0.15) is 18.9 Å². The Kier molecular flexibility index (Phi) is 6.94. The van der Waals surface area contributed by atoms with Crippen LogP contribution < -0.4 is 10.1 Å². The van der Waals surface area contributed by atoms with E-state index in [-0.39, 0.29) is 17.5 Å². The van der Waals surface area contributed by atoms with Crippen LogP contribution in [0.2, 0.25) is 0 Å². The van der Waals surface area contributed by atoms with Crippen LogP contribution in [-0.4, -0.2) is 22.2 Å². The lowest BCUT2D eigenvalue weighted by molar-refractivity contribution is -0.122. The molecule has 0 saturated heterocycles. The number of benzene rings is 2. The summed E-state index contributed by atoms with van der Waals surface area (Å²) in [6, 6.07) is 12.0. The summed E-state index contributed by atoms with van der Waals surface area (Å²) >= 11 is 2.54. The Morgan fingerprint density at radius 1 is 1.18 bits per heavy atom. The van der Waals surface area contributed by atoms with Crippen molar-refractivity contribution in [3.05, 3.63) is 65.7 Å². The number of ether oxygens (including phenoxy) is 1. The first-order chi connectivity index (χ1) is 13.5. The zero-order chi connectivity index (χ0) is 19.9. The maximum atomic E-state index is 13.7. The second-order valence-electron chi connectivity index (χ2n) is 5.71. The van der Waals surface area contributed by atoms with Gasteiger partial charge in [-0.05, 0) is 42.3 Å². The van der Waals surface area contributed by atoms with Gasteiger partial charge in [0, 0.05) is 5.75 Å². The smallest absolute Gasteiger partial charge is 0.267 e. The summed E-state index contributed by atoms with van der Waals surface area (Å²) < 4.78 is 32.9. The number of nitrogens with zero attached hydrogens (tertiary/aromatic N) is 2. The topological polar surface area (TPSA) is 64.1 Å². The number of aromatic nitrogens is 2. The predicted molar refractivity (Wildman–Crippen MR) is 106 cm³/mol. The van der Waals surface area contributed by atoms with E-state index in [1.165, 1.54) is 53.4 Å². The van der Waals surface area contributed by atoms with Crippen molar-refractivity contribution in [1.82, 2.24) is 10.2 Å². The molecule has 1 amide bonds. The van der Waals surface area contributed by atoms with E-state index in [4.69, 9.17) is 4.74 Å². The average Bonchev–Trinajstić information content (AvgIpc) is 3.14. The van der Waals surface area contributed by atoms with Crippen LogP contribution >= 0.6 is 23.1 Å². The Bertz CT molecular complexity index is 935. The molecule has 0 saturated carbocycles. The number of halogens is 2. The van der Waals surface area contributed by atoms with E-state index in [0.29, 0.717) is 33.0 Å². The largest absolute Gasteiger partial charge is 0.481 e. The molecule has 0 bridgehead atoms. The monoisotopic (exact) mass is 421 g/mol. The van der Waals surface area contributed by atoms with Crippen molar-refractivity contribution >= 4 is 34.1 Å². The molecule has 1 heterocycles. The van der Waals surface area contributed by atoms with Gasteiger partial charge in [0.25, 0.3) is 5.91 Å². The minimum Gasteiger partial charge on any atom is -0.481 e. The standard InChI is InChI=1S/C19H17F2N3O2S2/c1-2-16(26-14-9-7-13(20)8-10-14)17(25)22-18-23-24-19(28-18)27-11-12-5-3-4-6-15(12)21/h3-10,16H,2,11H2,1H3,(H,22,23,25). The summed E-state index contributed by atoms with van der Waals surface area (Å²) in [6.45, 7) is 1.81. The third-order valence-electron chi connectivity index (χ3n) is 3.70. The van der Waals surface area contributed by atoms with Crippen molar-refractivity contribution in [2.75, 3.05) is 5.32 Å². The molecule has 1 aromatic heterocycles. The van der Waals surface area contributed by atoms with E-state index in [2.05, 4.69) is 15.5 Å². The summed E-state index contributed by atoms with van der Waals surface area (Å²) in [5.74, 6) is -0.188. The highest BCUT2D eigenvalue weighted by Gasteiger charge is 2.20. The lowest BCUT2D eigenvalue weighted by Gasteiger charge is -2.16. The average molecular weight is 421 g/mol. The maximum Gasteiger partial charge on any atom is 0.267 e. The van der Waals surface area contributed by atoms with Crippen molar-refractivity contribution in [3.8, 4) is 5.75 Å². The minimum atomic E-state index is -0.746. The summed E-state index contributed by atoms with van der Waals surface area (Å²) in [4.78, 5) is 12.4. The normalized spacial score (nSPS) is 11.8. The van der Waals surface area contributed by atoms with Gasteiger partial charge in [-0.1, -0.05) is 48.2 Å². The first kappa shape index (κ1) is 20.2. The molecule has 3 aromatic rings. The molecule has 3 rings (SSSR count). The van der Waals surface area contributed by atoms with E-state index in [1.54, 1.807) is 18.2 Å². The SMILES string of the molecule is CCC(Oc1ccc(F)cc1)C(=O)Nc1nnc(SCc2ccccc2F)s1. The number of amides is 1. The molecule has 9 heteroatoms. The number of anilines is 1. The van der Waals surface area contributed by atoms with E-state index in [0.717, 1.165) is 0 Å². The van der Waals surface area contributed by atoms with E-state index >= 15 is 0 Å². The molecule has 0 spiro atoms. The quantitative estimate of drug-likeness (QED) is 0.414. The number of rotatable bonds is 8. The molecule has 0 aliphatic carbocycles.